The van der Waals surface area contributed by atoms with Crippen molar-refractivity contribution < 1.29 is 4.79 Å². The lowest BCUT2D eigenvalue weighted by molar-refractivity contribution is 0.101. The predicted molar refractivity (Wildman–Crippen MR) is 67.0 cm³/mol. The number of carbonyl (C=O) groups excluding carboxylic acids is 1. The fourth-order valence-corrected chi connectivity index (χ4v) is 1.66. The quantitative estimate of drug-likeness (QED) is 0.715. The first-order valence-electron chi connectivity index (χ1n) is 5.73. The fourth-order valence-electron chi connectivity index (χ4n) is 1.66. The van der Waals surface area contributed by atoms with Crippen molar-refractivity contribution in [2.45, 2.75) is 27.2 Å². The third kappa shape index (κ3) is 3.05. The lowest BCUT2D eigenvalue weighted by Crippen LogP contribution is -2.26. The van der Waals surface area contributed by atoms with Crippen molar-refractivity contribution >= 4 is 11.6 Å². The molecule has 0 N–H and O–H groups in total. The van der Waals surface area contributed by atoms with Gasteiger partial charge in [0.05, 0.1) is 5.56 Å². The SMILES string of the molecule is CCC(C)CN(C)c1ncccc1C(C)=O. The van der Waals surface area contributed by atoms with Crippen LogP contribution in [0.3, 0.4) is 0 Å². The van der Waals surface area contributed by atoms with Gasteiger partial charge in [-0.2, -0.15) is 0 Å². The number of aromatic nitrogens is 1. The van der Waals surface area contributed by atoms with Crippen LogP contribution in [0.15, 0.2) is 18.3 Å². The summed E-state index contributed by atoms with van der Waals surface area (Å²) in [4.78, 5) is 17.8. The smallest absolute Gasteiger partial charge is 0.163 e. The predicted octanol–water partition coefficient (Wildman–Crippen LogP) is 2.77. The molecule has 1 heterocycles. The van der Waals surface area contributed by atoms with Crippen LogP contribution < -0.4 is 4.90 Å². The van der Waals surface area contributed by atoms with Crippen molar-refractivity contribution in [3.63, 3.8) is 0 Å². The molecule has 0 bridgehead atoms. The molecule has 0 spiro atoms. The summed E-state index contributed by atoms with van der Waals surface area (Å²) < 4.78 is 0. The van der Waals surface area contributed by atoms with E-state index in [1.807, 2.05) is 13.1 Å². The molecule has 3 nitrogen and oxygen atoms in total. The summed E-state index contributed by atoms with van der Waals surface area (Å²) in [6.45, 7) is 6.88. The monoisotopic (exact) mass is 220 g/mol. The van der Waals surface area contributed by atoms with Crippen LogP contribution in [0.25, 0.3) is 0 Å². The Labute approximate surface area is 97.5 Å². The molecule has 0 saturated carbocycles. The third-order valence-electron chi connectivity index (χ3n) is 2.81. The Morgan fingerprint density at radius 2 is 2.25 bits per heavy atom. The highest BCUT2D eigenvalue weighted by Crippen LogP contribution is 2.18. The van der Waals surface area contributed by atoms with Gasteiger partial charge in [0.25, 0.3) is 0 Å². The minimum atomic E-state index is 0.0686. The molecule has 0 aliphatic rings. The van der Waals surface area contributed by atoms with Crippen LogP contribution in [0, 0.1) is 5.92 Å². The average Bonchev–Trinajstić information content (AvgIpc) is 2.28. The Balaban J connectivity index is 2.90. The average molecular weight is 220 g/mol. The van der Waals surface area contributed by atoms with Crippen LogP contribution in [-0.2, 0) is 0 Å². The van der Waals surface area contributed by atoms with E-state index in [0.29, 0.717) is 11.5 Å². The second kappa shape index (κ2) is 5.64. The summed E-state index contributed by atoms with van der Waals surface area (Å²) >= 11 is 0. The van der Waals surface area contributed by atoms with E-state index in [9.17, 15) is 4.79 Å². The molecular formula is C13H20N2O. The number of hydrogen-bond donors (Lipinski definition) is 0. The number of anilines is 1. The van der Waals surface area contributed by atoms with Crippen molar-refractivity contribution in [3.05, 3.63) is 23.9 Å². The van der Waals surface area contributed by atoms with E-state index in [1.54, 1.807) is 19.2 Å². The first-order valence-corrected chi connectivity index (χ1v) is 5.73. The van der Waals surface area contributed by atoms with E-state index < -0.39 is 0 Å². The summed E-state index contributed by atoms with van der Waals surface area (Å²) in [6.07, 6.45) is 2.86. The molecule has 0 fully saturated rings. The number of carbonyl (C=O) groups is 1. The zero-order valence-electron chi connectivity index (χ0n) is 10.5. The van der Waals surface area contributed by atoms with Gasteiger partial charge in [-0.1, -0.05) is 20.3 Å². The van der Waals surface area contributed by atoms with Gasteiger partial charge in [-0.05, 0) is 25.0 Å². The minimum Gasteiger partial charge on any atom is -0.359 e. The minimum absolute atomic E-state index is 0.0686. The van der Waals surface area contributed by atoms with Crippen LogP contribution in [0.1, 0.15) is 37.6 Å². The molecule has 0 aromatic carbocycles. The van der Waals surface area contributed by atoms with Crippen LogP contribution in [0.2, 0.25) is 0 Å². The topological polar surface area (TPSA) is 33.2 Å². The Morgan fingerprint density at radius 1 is 1.56 bits per heavy atom. The van der Waals surface area contributed by atoms with E-state index in [0.717, 1.165) is 18.8 Å². The third-order valence-corrected chi connectivity index (χ3v) is 2.81. The highest BCUT2D eigenvalue weighted by atomic mass is 16.1. The van der Waals surface area contributed by atoms with Gasteiger partial charge in [0.15, 0.2) is 5.78 Å². The van der Waals surface area contributed by atoms with Gasteiger partial charge in [-0.3, -0.25) is 4.79 Å². The summed E-state index contributed by atoms with van der Waals surface area (Å²) in [5, 5.41) is 0. The van der Waals surface area contributed by atoms with Crippen molar-refractivity contribution in [2.75, 3.05) is 18.5 Å². The molecule has 1 aromatic heterocycles. The molecule has 1 aromatic rings. The van der Waals surface area contributed by atoms with Gasteiger partial charge in [0.2, 0.25) is 0 Å². The van der Waals surface area contributed by atoms with Gasteiger partial charge < -0.3 is 4.90 Å². The first kappa shape index (κ1) is 12.7. The summed E-state index contributed by atoms with van der Waals surface area (Å²) in [6, 6.07) is 3.63. The molecule has 3 heteroatoms. The normalized spacial score (nSPS) is 12.2. The van der Waals surface area contributed by atoms with Crippen molar-refractivity contribution in [1.29, 1.82) is 0 Å². The molecule has 1 rings (SSSR count). The number of hydrogen-bond acceptors (Lipinski definition) is 3. The van der Waals surface area contributed by atoms with E-state index in [2.05, 4.69) is 23.7 Å². The van der Waals surface area contributed by atoms with E-state index in [4.69, 9.17) is 0 Å². The molecule has 88 valence electrons. The molecule has 0 saturated heterocycles. The first-order chi connectivity index (χ1) is 7.56. The highest BCUT2D eigenvalue weighted by Gasteiger charge is 2.13. The standard InChI is InChI=1S/C13H20N2O/c1-5-10(2)9-15(4)13-12(11(3)16)7-6-8-14-13/h6-8,10H,5,9H2,1-4H3. The lowest BCUT2D eigenvalue weighted by atomic mass is 10.1. The number of ketones is 1. The molecule has 1 unspecified atom stereocenters. The lowest BCUT2D eigenvalue weighted by Gasteiger charge is -2.23. The number of rotatable bonds is 5. The Bertz CT molecular complexity index is 363. The number of Topliss-reactive ketones (excluding diaryl/α,β-unsaturated/α-hetero) is 1. The second-order valence-electron chi connectivity index (χ2n) is 4.32. The van der Waals surface area contributed by atoms with E-state index in [-0.39, 0.29) is 5.78 Å². The Kier molecular flexibility index (Phi) is 4.47. The molecule has 0 radical (unpaired) electrons. The van der Waals surface area contributed by atoms with E-state index in [1.165, 1.54) is 0 Å². The van der Waals surface area contributed by atoms with Crippen LogP contribution in [0.5, 0.6) is 0 Å². The Hall–Kier alpha value is -1.38. The molecule has 0 aliphatic carbocycles. The summed E-state index contributed by atoms with van der Waals surface area (Å²) in [7, 11) is 1.99. The Morgan fingerprint density at radius 3 is 2.81 bits per heavy atom. The van der Waals surface area contributed by atoms with Crippen LogP contribution in [0.4, 0.5) is 5.82 Å². The van der Waals surface area contributed by atoms with Crippen molar-refractivity contribution in [1.82, 2.24) is 4.98 Å². The van der Waals surface area contributed by atoms with Gasteiger partial charge in [0, 0.05) is 19.8 Å². The zero-order chi connectivity index (χ0) is 12.1. The van der Waals surface area contributed by atoms with Gasteiger partial charge >= 0.3 is 0 Å². The van der Waals surface area contributed by atoms with Crippen LogP contribution in [-0.4, -0.2) is 24.4 Å². The summed E-state index contributed by atoms with van der Waals surface area (Å²) in [5.41, 5.74) is 0.702. The molecule has 0 aliphatic heterocycles. The maximum Gasteiger partial charge on any atom is 0.163 e. The second-order valence-corrected chi connectivity index (χ2v) is 4.32. The van der Waals surface area contributed by atoms with E-state index >= 15 is 0 Å². The van der Waals surface area contributed by atoms with Gasteiger partial charge in [-0.25, -0.2) is 4.98 Å². The molecule has 0 amide bonds. The van der Waals surface area contributed by atoms with Crippen LogP contribution >= 0.6 is 0 Å². The van der Waals surface area contributed by atoms with Crippen molar-refractivity contribution in [3.8, 4) is 0 Å². The fraction of sp³-hybridized carbons (Fsp3) is 0.538. The highest BCUT2D eigenvalue weighted by molar-refractivity contribution is 5.98. The summed E-state index contributed by atoms with van der Waals surface area (Å²) in [5.74, 6) is 1.46. The molecule has 16 heavy (non-hydrogen) atoms. The zero-order valence-corrected chi connectivity index (χ0v) is 10.5. The maximum atomic E-state index is 11.5. The molecule has 1 atom stereocenters. The number of nitrogens with zero attached hydrogens (tertiary/aromatic N) is 2. The number of pyridine rings is 1. The van der Waals surface area contributed by atoms with Gasteiger partial charge in [0.1, 0.15) is 5.82 Å². The van der Waals surface area contributed by atoms with Crippen molar-refractivity contribution in [2.24, 2.45) is 5.92 Å². The molecular weight excluding hydrogens is 200 g/mol. The largest absolute Gasteiger partial charge is 0.359 e. The maximum absolute atomic E-state index is 11.5. The van der Waals surface area contributed by atoms with Gasteiger partial charge in [-0.15, -0.1) is 0 Å².